The molecule has 2 heterocycles. The van der Waals surface area contributed by atoms with E-state index in [0.717, 1.165) is 31.7 Å². The van der Waals surface area contributed by atoms with Gasteiger partial charge in [0.15, 0.2) is 5.78 Å². The lowest BCUT2D eigenvalue weighted by molar-refractivity contribution is 0.101. The number of ether oxygens (including phenoxy) is 1. The first-order valence-corrected chi connectivity index (χ1v) is 8.36. The number of Topliss-reactive ketones (excluding diaryl/α,β-unsaturated/α-hetero) is 1. The van der Waals surface area contributed by atoms with Gasteiger partial charge in [-0.2, -0.15) is 0 Å². The highest BCUT2D eigenvalue weighted by atomic mass is 16.5. The Balaban J connectivity index is 1.61. The molecule has 1 aliphatic heterocycles. The van der Waals surface area contributed by atoms with Crippen molar-refractivity contribution in [2.24, 2.45) is 0 Å². The number of ketones is 1. The van der Waals surface area contributed by atoms with Crippen LogP contribution in [0.25, 0.3) is 0 Å². The number of anilines is 2. The third-order valence-corrected chi connectivity index (χ3v) is 4.10. The highest BCUT2D eigenvalue weighted by molar-refractivity contribution is 6.03. The van der Waals surface area contributed by atoms with Crippen molar-refractivity contribution in [3.8, 4) is 0 Å². The predicted octanol–water partition coefficient (Wildman–Crippen LogP) is 3.13. The second-order valence-corrected chi connectivity index (χ2v) is 6.03. The van der Waals surface area contributed by atoms with E-state index in [9.17, 15) is 9.59 Å². The van der Waals surface area contributed by atoms with E-state index in [4.69, 9.17) is 4.74 Å². The van der Waals surface area contributed by atoms with E-state index in [1.807, 2.05) is 6.07 Å². The number of nitrogens with zero attached hydrogens (tertiary/aromatic N) is 1. The van der Waals surface area contributed by atoms with Crippen LogP contribution in [0.4, 0.5) is 11.4 Å². The SMILES string of the molecule is CC(=O)c1ccc(NC(=O)c2cc(NCC3CCCO3)ccn2)cc1. The molecule has 3 rings (SSSR count). The minimum atomic E-state index is -0.295. The standard InChI is InChI=1S/C19H21N3O3/c1-13(23)14-4-6-15(7-5-14)22-19(24)18-11-16(8-9-20-18)21-12-17-3-2-10-25-17/h4-9,11,17H,2-3,10,12H2,1H3,(H,20,21)(H,22,24). The first kappa shape index (κ1) is 17.1. The Morgan fingerprint density at radius 3 is 2.68 bits per heavy atom. The van der Waals surface area contributed by atoms with E-state index in [-0.39, 0.29) is 17.8 Å². The number of carbonyl (C=O) groups is 2. The lowest BCUT2D eigenvalue weighted by Crippen LogP contribution is -2.19. The summed E-state index contributed by atoms with van der Waals surface area (Å²) < 4.78 is 5.58. The second-order valence-electron chi connectivity index (χ2n) is 6.03. The van der Waals surface area contributed by atoms with Gasteiger partial charge in [-0.25, -0.2) is 0 Å². The highest BCUT2D eigenvalue weighted by Gasteiger charge is 2.15. The molecule has 6 nitrogen and oxygen atoms in total. The summed E-state index contributed by atoms with van der Waals surface area (Å²) in [5.41, 5.74) is 2.39. The van der Waals surface area contributed by atoms with E-state index in [1.165, 1.54) is 6.92 Å². The van der Waals surface area contributed by atoms with Gasteiger partial charge in [0.2, 0.25) is 0 Å². The Hall–Kier alpha value is -2.73. The minimum Gasteiger partial charge on any atom is -0.382 e. The third-order valence-electron chi connectivity index (χ3n) is 4.10. The molecule has 1 unspecified atom stereocenters. The van der Waals surface area contributed by atoms with Gasteiger partial charge in [-0.05, 0) is 56.2 Å². The average molecular weight is 339 g/mol. The molecule has 0 spiro atoms. The molecule has 0 radical (unpaired) electrons. The summed E-state index contributed by atoms with van der Waals surface area (Å²) in [6, 6.07) is 10.3. The van der Waals surface area contributed by atoms with Crippen molar-refractivity contribution in [1.82, 2.24) is 4.98 Å². The molecule has 6 heteroatoms. The fraction of sp³-hybridized carbons (Fsp3) is 0.316. The molecule has 1 saturated heterocycles. The van der Waals surface area contributed by atoms with Gasteiger partial charge in [0, 0.05) is 36.3 Å². The molecule has 0 aliphatic carbocycles. The number of pyridine rings is 1. The van der Waals surface area contributed by atoms with E-state index in [2.05, 4.69) is 15.6 Å². The van der Waals surface area contributed by atoms with Gasteiger partial charge in [-0.3, -0.25) is 14.6 Å². The van der Waals surface area contributed by atoms with Gasteiger partial charge in [0.25, 0.3) is 5.91 Å². The molecule has 1 fully saturated rings. The molecular weight excluding hydrogens is 318 g/mol. The van der Waals surface area contributed by atoms with Crippen molar-refractivity contribution in [1.29, 1.82) is 0 Å². The van der Waals surface area contributed by atoms with Gasteiger partial charge in [-0.1, -0.05) is 0 Å². The molecule has 1 atom stereocenters. The van der Waals surface area contributed by atoms with Crippen molar-refractivity contribution >= 4 is 23.1 Å². The summed E-state index contributed by atoms with van der Waals surface area (Å²) >= 11 is 0. The van der Waals surface area contributed by atoms with Crippen LogP contribution in [-0.2, 0) is 4.74 Å². The third kappa shape index (κ3) is 4.64. The van der Waals surface area contributed by atoms with Crippen LogP contribution in [-0.4, -0.2) is 35.9 Å². The number of benzene rings is 1. The first-order valence-electron chi connectivity index (χ1n) is 8.36. The molecule has 0 saturated carbocycles. The molecule has 2 aromatic rings. The fourth-order valence-corrected chi connectivity index (χ4v) is 2.69. The Morgan fingerprint density at radius 1 is 1.20 bits per heavy atom. The van der Waals surface area contributed by atoms with E-state index in [0.29, 0.717) is 16.9 Å². The zero-order valence-corrected chi connectivity index (χ0v) is 14.1. The monoisotopic (exact) mass is 339 g/mol. The Labute approximate surface area is 146 Å². The van der Waals surface area contributed by atoms with Crippen LogP contribution in [0, 0.1) is 0 Å². The molecule has 1 amide bonds. The normalized spacial score (nSPS) is 16.4. The molecular formula is C19H21N3O3. The van der Waals surface area contributed by atoms with Gasteiger partial charge in [0.05, 0.1) is 6.10 Å². The maximum Gasteiger partial charge on any atom is 0.274 e. The maximum atomic E-state index is 12.4. The van der Waals surface area contributed by atoms with Gasteiger partial charge >= 0.3 is 0 Å². The van der Waals surface area contributed by atoms with Crippen LogP contribution < -0.4 is 10.6 Å². The van der Waals surface area contributed by atoms with Crippen LogP contribution >= 0.6 is 0 Å². The van der Waals surface area contributed by atoms with Crippen LogP contribution in [0.15, 0.2) is 42.6 Å². The van der Waals surface area contributed by atoms with Crippen molar-refractivity contribution in [3.63, 3.8) is 0 Å². The van der Waals surface area contributed by atoms with Crippen molar-refractivity contribution in [2.45, 2.75) is 25.9 Å². The number of amides is 1. The number of carbonyl (C=O) groups excluding carboxylic acids is 2. The minimum absolute atomic E-state index is 0.00967. The largest absolute Gasteiger partial charge is 0.382 e. The van der Waals surface area contributed by atoms with Crippen molar-refractivity contribution in [2.75, 3.05) is 23.8 Å². The van der Waals surface area contributed by atoms with Crippen LogP contribution in [0.5, 0.6) is 0 Å². The first-order chi connectivity index (χ1) is 12.1. The predicted molar refractivity (Wildman–Crippen MR) is 96.1 cm³/mol. The van der Waals surface area contributed by atoms with Crippen molar-refractivity contribution in [3.05, 3.63) is 53.9 Å². The Morgan fingerprint density at radius 2 is 2.00 bits per heavy atom. The summed E-state index contributed by atoms with van der Waals surface area (Å²) in [5, 5.41) is 6.07. The molecule has 1 aliphatic rings. The molecule has 1 aromatic heterocycles. The van der Waals surface area contributed by atoms with Gasteiger partial charge in [0.1, 0.15) is 5.69 Å². The summed E-state index contributed by atoms with van der Waals surface area (Å²) in [7, 11) is 0. The Kier molecular flexibility index (Phi) is 5.40. The number of nitrogens with one attached hydrogen (secondary N) is 2. The summed E-state index contributed by atoms with van der Waals surface area (Å²) in [5.74, 6) is -0.305. The summed E-state index contributed by atoms with van der Waals surface area (Å²) in [4.78, 5) is 27.8. The number of hydrogen-bond donors (Lipinski definition) is 2. The number of rotatable bonds is 6. The number of hydrogen-bond acceptors (Lipinski definition) is 5. The number of aromatic nitrogens is 1. The van der Waals surface area contributed by atoms with E-state index in [1.54, 1.807) is 36.5 Å². The van der Waals surface area contributed by atoms with Crippen LogP contribution in [0.3, 0.4) is 0 Å². The molecule has 0 bridgehead atoms. The molecule has 25 heavy (non-hydrogen) atoms. The zero-order chi connectivity index (χ0) is 17.6. The molecule has 1 aromatic carbocycles. The highest BCUT2D eigenvalue weighted by Crippen LogP contribution is 2.15. The van der Waals surface area contributed by atoms with Crippen molar-refractivity contribution < 1.29 is 14.3 Å². The zero-order valence-electron chi connectivity index (χ0n) is 14.1. The van der Waals surface area contributed by atoms with E-state index >= 15 is 0 Å². The van der Waals surface area contributed by atoms with Crippen LogP contribution in [0.1, 0.15) is 40.6 Å². The Bertz CT molecular complexity index is 753. The molecule has 2 N–H and O–H groups in total. The van der Waals surface area contributed by atoms with Gasteiger partial charge < -0.3 is 15.4 Å². The summed E-state index contributed by atoms with van der Waals surface area (Å²) in [6.07, 6.45) is 3.98. The topological polar surface area (TPSA) is 80.3 Å². The quantitative estimate of drug-likeness (QED) is 0.790. The fourth-order valence-electron chi connectivity index (χ4n) is 2.69. The molecule has 130 valence electrons. The lowest BCUT2D eigenvalue weighted by Gasteiger charge is -2.12. The lowest BCUT2D eigenvalue weighted by atomic mass is 10.1. The smallest absolute Gasteiger partial charge is 0.274 e. The second kappa shape index (κ2) is 7.90. The van der Waals surface area contributed by atoms with E-state index < -0.39 is 0 Å². The van der Waals surface area contributed by atoms with Crippen LogP contribution in [0.2, 0.25) is 0 Å². The average Bonchev–Trinajstić information content (AvgIpc) is 3.14. The van der Waals surface area contributed by atoms with Gasteiger partial charge in [-0.15, -0.1) is 0 Å². The maximum absolute atomic E-state index is 12.4. The summed E-state index contributed by atoms with van der Waals surface area (Å²) in [6.45, 7) is 3.04.